The van der Waals surface area contributed by atoms with Crippen molar-refractivity contribution in [3.8, 4) is 0 Å². The van der Waals surface area contributed by atoms with Crippen molar-refractivity contribution in [2.24, 2.45) is 17.8 Å². The summed E-state index contributed by atoms with van der Waals surface area (Å²) >= 11 is 7.79. The molecule has 5 rings (SSSR count). The van der Waals surface area contributed by atoms with E-state index in [0.717, 1.165) is 12.0 Å². The summed E-state index contributed by atoms with van der Waals surface area (Å²) < 4.78 is -0.778. The molecular formula is C34H40ClN3O4S. The fourth-order valence-electron chi connectivity index (χ4n) is 7.25. The van der Waals surface area contributed by atoms with Crippen molar-refractivity contribution >= 4 is 46.8 Å². The second-order valence-electron chi connectivity index (χ2n) is 12.0. The van der Waals surface area contributed by atoms with Crippen molar-refractivity contribution in [2.45, 2.75) is 55.3 Å². The van der Waals surface area contributed by atoms with E-state index < -0.39 is 28.7 Å². The third-order valence-corrected chi connectivity index (χ3v) is 11.4. The normalized spacial score (nSPS) is 26.3. The van der Waals surface area contributed by atoms with Crippen LogP contribution in [-0.4, -0.2) is 74.4 Å². The molecule has 6 atom stereocenters. The summed E-state index contributed by atoms with van der Waals surface area (Å²) in [6, 6.07) is 15.4. The molecule has 1 spiro atoms. The van der Waals surface area contributed by atoms with Crippen LogP contribution >= 0.6 is 23.4 Å². The average molecular weight is 622 g/mol. The molecule has 3 aliphatic heterocycles. The minimum absolute atomic E-state index is 0.0722. The van der Waals surface area contributed by atoms with Gasteiger partial charge in [0.1, 0.15) is 6.04 Å². The standard InChI is InChI=1S/C34H40ClN3O4S/c1-5-18-36(20-23-10-8-7-9-11-23)31(40)28-27-16-17-34(43-27)29(28)32(41)38(26(21-39)22(3)4)30(34)33(42)37(19-6-2)25-14-12-24(35)13-15-25/h5-15,22,26-30,39H,1-2,16-21H2,3-4H3/t26-,27+,28-,29-,30?,34?/m0/s1. The van der Waals surface area contributed by atoms with E-state index in [0.29, 0.717) is 30.2 Å². The van der Waals surface area contributed by atoms with E-state index in [2.05, 4.69) is 13.2 Å². The molecule has 2 bridgehead atoms. The molecule has 3 fully saturated rings. The first-order valence-corrected chi connectivity index (χ1v) is 16.2. The molecule has 2 aromatic carbocycles. The van der Waals surface area contributed by atoms with Gasteiger partial charge in [-0.05, 0) is 48.6 Å². The molecule has 43 heavy (non-hydrogen) atoms. The Kier molecular flexibility index (Phi) is 9.40. The Bertz CT molecular complexity index is 1370. The van der Waals surface area contributed by atoms with Gasteiger partial charge in [0.2, 0.25) is 11.8 Å². The van der Waals surface area contributed by atoms with Gasteiger partial charge >= 0.3 is 0 Å². The van der Waals surface area contributed by atoms with Crippen molar-refractivity contribution in [3.05, 3.63) is 90.5 Å². The highest BCUT2D eigenvalue weighted by Crippen LogP contribution is 2.67. The van der Waals surface area contributed by atoms with E-state index in [9.17, 15) is 19.5 Å². The van der Waals surface area contributed by atoms with E-state index in [-0.39, 0.29) is 42.0 Å². The number of rotatable bonds is 12. The Balaban J connectivity index is 1.57. The van der Waals surface area contributed by atoms with Crippen LogP contribution in [0.4, 0.5) is 5.69 Å². The predicted octanol–water partition coefficient (Wildman–Crippen LogP) is 5.18. The topological polar surface area (TPSA) is 81.2 Å². The number of hydrogen-bond acceptors (Lipinski definition) is 5. The van der Waals surface area contributed by atoms with Crippen molar-refractivity contribution in [3.63, 3.8) is 0 Å². The lowest BCUT2D eigenvalue weighted by Gasteiger charge is -2.40. The number of halogens is 1. The quantitative estimate of drug-likeness (QED) is 0.330. The van der Waals surface area contributed by atoms with E-state index >= 15 is 0 Å². The molecule has 3 heterocycles. The van der Waals surface area contributed by atoms with Gasteiger partial charge in [0.25, 0.3) is 5.91 Å². The summed E-state index contributed by atoms with van der Waals surface area (Å²) in [6.45, 7) is 12.4. The number of fused-ring (bicyclic) bond motifs is 1. The highest BCUT2D eigenvalue weighted by Gasteiger charge is 2.74. The van der Waals surface area contributed by atoms with E-state index in [1.807, 2.05) is 44.2 Å². The highest BCUT2D eigenvalue weighted by atomic mass is 35.5. The van der Waals surface area contributed by atoms with Gasteiger partial charge in [-0.3, -0.25) is 14.4 Å². The van der Waals surface area contributed by atoms with Crippen molar-refractivity contribution in [1.82, 2.24) is 9.80 Å². The van der Waals surface area contributed by atoms with Crippen LogP contribution < -0.4 is 4.90 Å². The van der Waals surface area contributed by atoms with E-state index in [1.165, 1.54) is 0 Å². The number of aliphatic hydroxyl groups excluding tert-OH is 1. The number of aliphatic hydroxyl groups is 1. The number of thioether (sulfide) groups is 1. The van der Waals surface area contributed by atoms with Crippen molar-refractivity contribution in [2.75, 3.05) is 24.6 Å². The van der Waals surface area contributed by atoms with Crippen LogP contribution in [0.15, 0.2) is 79.9 Å². The third kappa shape index (κ3) is 5.54. The van der Waals surface area contributed by atoms with Gasteiger partial charge in [-0.25, -0.2) is 0 Å². The van der Waals surface area contributed by atoms with Gasteiger partial charge in [-0.15, -0.1) is 24.9 Å². The Labute approximate surface area is 263 Å². The number of carbonyl (C=O) groups is 3. The number of anilines is 1. The number of amides is 3. The van der Waals surface area contributed by atoms with Crippen molar-refractivity contribution in [1.29, 1.82) is 0 Å². The largest absolute Gasteiger partial charge is 0.394 e. The van der Waals surface area contributed by atoms with E-state index in [1.54, 1.807) is 62.9 Å². The summed E-state index contributed by atoms with van der Waals surface area (Å²) in [5.74, 6) is -1.86. The van der Waals surface area contributed by atoms with Crippen LogP contribution in [0.3, 0.4) is 0 Å². The van der Waals surface area contributed by atoms with Gasteiger partial charge in [0, 0.05) is 35.6 Å². The maximum Gasteiger partial charge on any atom is 0.251 e. The number of carbonyl (C=O) groups excluding carboxylic acids is 3. The van der Waals surface area contributed by atoms with Gasteiger partial charge in [-0.2, -0.15) is 0 Å². The molecule has 0 saturated carbocycles. The molecule has 0 aliphatic carbocycles. The number of benzene rings is 2. The maximum absolute atomic E-state index is 14.7. The Morgan fingerprint density at radius 2 is 1.77 bits per heavy atom. The molecule has 3 aliphatic rings. The second kappa shape index (κ2) is 12.9. The number of hydrogen-bond donors (Lipinski definition) is 1. The summed E-state index contributed by atoms with van der Waals surface area (Å²) in [4.78, 5) is 48.8. The fourth-order valence-corrected chi connectivity index (χ4v) is 9.57. The van der Waals surface area contributed by atoms with Crippen LogP contribution in [0.1, 0.15) is 32.3 Å². The smallest absolute Gasteiger partial charge is 0.251 e. The Hall–Kier alpha value is -3.07. The molecule has 1 N–H and O–H groups in total. The molecule has 3 saturated heterocycles. The summed E-state index contributed by atoms with van der Waals surface area (Å²) in [5, 5.41) is 11.0. The Morgan fingerprint density at radius 1 is 1.09 bits per heavy atom. The lowest BCUT2D eigenvalue weighted by molar-refractivity contribution is -0.146. The maximum atomic E-state index is 14.7. The van der Waals surface area contributed by atoms with Gasteiger partial charge in [-0.1, -0.05) is 67.9 Å². The lowest BCUT2D eigenvalue weighted by atomic mass is 9.70. The first kappa shape index (κ1) is 31.4. The summed E-state index contributed by atoms with van der Waals surface area (Å²) in [6.07, 6.45) is 4.76. The molecule has 3 amide bonds. The van der Waals surface area contributed by atoms with Crippen LogP contribution in [0.25, 0.3) is 0 Å². The van der Waals surface area contributed by atoms with Crippen LogP contribution in [-0.2, 0) is 20.9 Å². The van der Waals surface area contributed by atoms with E-state index in [4.69, 9.17) is 11.6 Å². The minimum Gasteiger partial charge on any atom is -0.394 e. The number of likely N-dealkylation sites (tertiary alicyclic amines) is 1. The second-order valence-corrected chi connectivity index (χ2v) is 14.0. The Morgan fingerprint density at radius 3 is 2.37 bits per heavy atom. The first-order chi connectivity index (χ1) is 20.7. The molecule has 7 nitrogen and oxygen atoms in total. The summed E-state index contributed by atoms with van der Waals surface area (Å²) in [5.41, 5.74) is 1.65. The monoisotopic (exact) mass is 621 g/mol. The minimum atomic E-state index is -0.838. The zero-order valence-electron chi connectivity index (χ0n) is 24.8. The van der Waals surface area contributed by atoms with Crippen LogP contribution in [0, 0.1) is 17.8 Å². The third-order valence-electron chi connectivity index (χ3n) is 9.16. The van der Waals surface area contributed by atoms with Gasteiger partial charge in [0.15, 0.2) is 0 Å². The van der Waals surface area contributed by atoms with Gasteiger partial charge < -0.3 is 19.8 Å². The van der Waals surface area contributed by atoms with Crippen LogP contribution in [0.2, 0.25) is 5.02 Å². The molecule has 2 aromatic rings. The molecule has 0 radical (unpaired) electrons. The predicted molar refractivity (Wildman–Crippen MR) is 173 cm³/mol. The zero-order chi connectivity index (χ0) is 30.9. The summed E-state index contributed by atoms with van der Waals surface area (Å²) in [7, 11) is 0. The fraction of sp³-hybridized carbons (Fsp3) is 0.441. The number of nitrogens with zero attached hydrogens (tertiary/aromatic N) is 3. The lowest BCUT2D eigenvalue weighted by Crippen LogP contribution is -2.58. The molecule has 9 heteroatoms. The molecule has 0 aromatic heterocycles. The molecular weight excluding hydrogens is 582 g/mol. The van der Waals surface area contributed by atoms with Gasteiger partial charge in [0.05, 0.1) is 29.2 Å². The highest BCUT2D eigenvalue weighted by molar-refractivity contribution is 8.02. The van der Waals surface area contributed by atoms with Crippen molar-refractivity contribution < 1.29 is 19.5 Å². The zero-order valence-corrected chi connectivity index (χ0v) is 26.3. The first-order valence-electron chi connectivity index (χ1n) is 14.9. The SMILES string of the molecule is C=CCN(Cc1ccccc1)C(=O)[C@@H]1[C@H]2C(=O)N([C@@H](CO)C(C)C)C(C(=O)N(CC=C)c3ccc(Cl)cc3)C23CC[C@H]1S3. The average Bonchev–Trinajstić information content (AvgIpc) is 3.64. The van der Waals surface area contributed by atoms with Crippen LogP contribution in [0.5, 0.6) is 0 Å². The molecule has 2 unspecified atom stereocenters. The molecule has 228 valence electrons.